The van der Waals surface area contributed by atoms with E-state index in [0.717, 1.165) is 44.8 Å². The van der Waals surface area contributed by atoms with Gasteiger partial charge in [-0.1, -0.05) is 19.1 Å². The smallest absolute Gasteiger partial charge is 0.165 e. The summed E-state index contributed by atoms with van der Waals surface area (Å²) in [5, 5.41) is 0. The molecule has 0 radical (unpaired) electrons. The lowest BCUT2D eigenvalue weighted by atomic mass is 10.0. The van der Waals surface area contributed by atoms with Gasteiger partial charge in [0.25, 0.3) is 0 Å². The third-order valence-corrected chi connectivity index (χ3v) is 3.81. The second-order valence-electron chi connectivity index (χ2n) is 5.40. The molecule has 0 bridgehead atoms. The molecule has 1 aliphatic heterocycles. The number of halogens is 1. The van der Waals surface area contributed by atoms with Gasteiger partial charge in [0.05, 0.1) is 13.2 Å². The number of hydrogen-bond acceptors (Lipinski definition) is 4. The first kappa shape index (κ1) is 16.2. The topological polar surface area (TPSA) is 47.7 Å². The zero-order chi connectivity index (χ0) is 15.1. The lowest BCUT2D eigenvalue weighted by Gasteiger charge is -2.26. The molecule has 21 heavy (non-hydrogen) atoms. The molecule has 1 unspecified atom stereocenters. The highest BCUT2D eigenvalue weighted by molar-refractivity contribution is 5.35. The van der Waals surface area contributed by atoms with Crippen LogP contribution in [0.2, 0.25) is 0 Å². The second-order valence-corrected chi connectivity index (χ2v) is 5.40. The van der Waals surface area contributed by atoms with Gasteiger partial charge < -0.3 is 15.2 Å². The van der Waals surface area contributed by atoms with E-state index >= 15 is 0 Å². The van der Waals surface area contributed by atoms with Crippen LogP contribution in [0.4, 0.5) is 4.39 Å². The van der Waals surface area contributed by atoms with Crippen molar-refractivity contribution in [2.24, 2.45) is 5.73 Å². The predicted octanol–water partition coefficient (Wildman–Crippen LogP) is 1.82. The van der Waals surface area contributed by atoms with Gasteiger partial charge >= 0.3 is 0 Å². The molecule has 0 aromatic heterocycles. The third-order valence-electron chi connectivity index (χ3n) is 3.81. The molecule has 1 aromatic rings. The Balaban J connectivity index is 1.91. The number of nitrogens with two attached hydrogens (primary N) is 1. The van der Waals surface area contributed by atoms with Crippen LogP contribution in [0, 0.1) is 5.82 Å². The van der Waals surface area contributed by atoms with Crippen molar-refractivity contribution >= 4 is 0 Å². The van der Waals surface area contributed by atoms with Crippen LogP contribution in [0.3, 0.4) is 0 Å². The molecule has 0 spiro atoms. The maximum absolute atomic E-state index is 14.0. The number of ether oxygens (including phenoxy) is 2. The fourth-order valence-corrected chi connectivity index (χ4v) is 2.40. The Morgan fingerprint density at radius 1 is 1.38 bits per heavy atom. The lowest BCUT2D eigenvalue weighted by Crippen LogP contribution is -2.38. The second kappa shape index (κ2) is 8.32. The summed E-state index contributed by atoms with van der Waals surface area (Å²) in [4.78, 5) is 2.27. The Labute approximate surface area is 126 Å². The molecule has 1 aromatic carbocycles. The van der Waals surface area contributed by atoms with Gasteiger partial charge in [-0.05, 0) is 24.5 Å². The van der Waals surface area contributed by atoms with Crippen LogP contribution < -0.4 is 10.5 Å². The van der Waals surface area contributed by atoms with E-state index in [9.17, 15) is 4.39 Å². The summed E-state index contributed by atoms with van der Waals surface area (Å²) in [7, 11) is 0. The molecule has 118 valence electrons. The van der Waals surface area contributed by atoms with Crippen molar-refractivity contribution in [2.45, 2.75) is 25.8 Å². The van der Waals surface area contributed by atoms with Crippen LogP contribution in [0.15, 0.2) is 18.2 Å². The zero-order valence-electron chi connectivity index (χ0n) is 12.7. The summed E-state index contributed by atoms with van der Waals surface area (Å²) in [5.74, 6) is 0.0486. The molecule has 1 heterocycles. The summed E-state index contributed by atoms with van der Waals surface area (Å²) in [6.45, 7) is 6.64. The minimum atomic E-state index is -0.308. The molecular formula is C16H25FN2O2. The molecular weight excluding hydrogens is 271 g/mol. The number of benzene rings is 1. The monoisotopic (exact) mass is 296 g/mol. The largest absolute Gasteiger partial charge is 0.489 e. The number of nitrogens with zero attached hydrogens (tertiary/aromatic N) is 1. The van der Waals surface area contributed by atoms with Crippen LogP contribution in [-0.4, -0.2) is 50.4 Å². The Bertz CT molecular complexity index is 436. The molecule has 5 heteroatoms. The predicted molar refractivity (Wildman–Crippen MR) is 81.1 cm³/mol. The van der Waals surface area contributed by atoms with Crippen LogP contribution in [-0.2, 0) is 11.2 Å². The summed E-state index contributed by atoms with van der Waals surface area (Å²) in [6.07, 6.45) is 1.50. The van der Waals surface area contributed by atoms with Gasteiger partial charge in [-0.2, -0.15) is 0 Å². The van der Waals surface area contributed by atoms with Crippen LogP contribution >= 0.6 is 0 Å². The van der Waals surface area contributed by atoms with Gasteiger partial charge in [0, 0.05) is 25.7 Å². The number of para-hydroxylation sites is 1. The highest BCUT2D eigenvalue weighted by atomic mass is 19.1. The van der Waals surface area contributed by atoms with Gasteiger partial charge in [0.15, 0.2) is 11.6 Å². The summed E-state index contributed by atoms with van der Waals surface area (Å²) < 4.78 is 25.0. The highest BCUT2D eigenvalue weighted by Crippen LogP contribution is 2.24. The maximum Gasteiger partial charge on any atom is 0.165 e. The first-order valence-electron chi connectivity index (χ1n) is 7.66. The third kappa shape index (κ3) is 4.95. The fourth-order valence-electron chi connectivity index (χ4n) is 2.40. The van der Waals surface area contributed by atoms with E-state index in [-0.39, 0.29) is 11.9 Å². The highest BCUT2D eigenvalue weighted by Gasteiger charge is 2.14. The quantitative estimate of drug-likeness (QED) is 0.834. The number of hydrogen-bond donors (Lipinski definition) is 1. The standard InChI is InChI=1S/C16H25FN2O2/c1-2-14(18)12-13-4-3-5-15(17)16(13)21-11-8-19-6-9-20-10-7-19/h3-5,14H,2,6-12,18H2,1H3. The SMILES string of the molecule is CCC(N)Cc1cccc(F)c1OCCN1CCOCC1. The van der Waals surface area contributed by atoms with Crippen molar-refractivity contribution in [1.82, 2.24) is 4.90 Å². The lowest BCUT2D eigenvalue weighted by molar-refractivity contribution is 0.0319. The fraction of sp³-hybridized carbons (Fsp3) is 0.625. The zero-order valence-corrected chi connectivity index (χ0v) is 12.7. The Kier molecular flexibility index (Phi) is 6.42. The number of rotatable bonds is 7. The normalized spacial score (nSPS) is 17.7. The van der Waals surface area contributed by atoms with Crippen molar-refractivity contribution < 1.29 is 13.9 Å². The van der Waals surface area contributed by atoms with Gasteiger partial charge in [-0.15, -0.1) is 0 Å². The van der Waals surface area contributed by atoms with E-state index in [0.29, 0.717) is 18.8 Å². The first-order chi connectivity index (χ1) is 10.2. The summed E-state index contributed by atoms with van der Waals surface area (Å²) in [5.41, 5.74) is 6.82. The Morgan fingerprint density at radius 3 is 2.86 bits per heavy atom. The van der Waals surface area contributed by atoms with Crippen molar-refractivity contribution in [3.8, 4) is 5.75 Å². The molecule has 0 saturated carbocycles. The van der Waals surface area contributed by atoms with E-state index in [4.69, 9.17) is 15.2 Å². The molecule has 0 amide bonds. The van der Waals surface area contributed by atoms with Crippen molar-refractivity contribution in [2.75, 3.05) is 39.5 Å². The van der Waals surface area contributed by atoms with Crippen molar-refractivity contribution in [3.05, 3.63) is 29.6 Å². The molecule has 0 aliphatic carbocycles. The molecule has 2 rings (SSSR count). The number of morpholine rings is 1. The molecule has 1 aliphatic rings. The Hall–Kier alpha value is -1.17. The van der Waals surface area contributed by atoms with E-state index in [2.05, 4.69) is 4.90 Å². The van der Waals surface area contributed by atoms with Gasteiger partial charge in [0.1, 0.15) is 6.61 Å². The van der Waals surface area contributed by atoms with Gasteiger partial charge in [-0.3, -0.25) is 4.90 Å². The van der Waals surface area contributed by atoms with Gasteiger partial charge in [-0.25, -0.2) is 4.39 Å². The van der Waals surface area contributed by atoms with E-state index in [1.54, 1.807) is 6.07 Å². The molecule has 2 N–H and O–H groups in total. The average molecular weight is 296 g/mol. The average Bonchev–Trinajstić information content (AvgIpc) is 2.51. The minimum absolute atomic E-state index is 0.0355. The van der Waals surface area contributed by atoms with Crippen LogP contribution in [0.1, 0.15) is 18.9 Å². The van der Waals surface area contributed by atoms with E-state index < -0.39 is 0 Å². The molecule has 1 atom stereocenters. The summed E-state index contributed by atoms with van der Waals surface area (Å²) >= 11 is 0. The van der Waals surface area contributed by atoms with Crippen molar-refractivity contribution in [1.29, 1.82) is 0 Å². The Morgan fingerprint density at radius 2 is 2.14 bits per heavy atom. The van der Waals surface area contributed by atoms with Crippen LogP contribution in [0.5, 0.6) is 5.75 Å². The minimum Gasteiger partial charge on any atom is -0.489 e. The first-order valence-corrected chi connectivity index (χ1v) is 7.66. The molecule has 1 fully saturated rings. The molecule has 4 nitrogen and oxygen atoms in total. The molecule has 1 saturated heterocycles. The summed E-state index contributed by atoms with van der Waals surface area (Å²) in [6, 6.07) is 5.07. The van der Waals surface area contributed by atoms with Gasteiger partial charge in [0.2, 0.25) is 0 Å². The van der Waals surface area contributed by atoms with E-state index in [1.165, 1.54) is 6.07 Å². The van der Waals surface area contributed by atoms with Crippen LogP contribution in [0.25, 0.3) is 0 Å². The van der Waals surface area contributed by atoms with Crippen molar-refractivity contribution in [3.63, 3.8) is 0 Å². The maximum atomic E-state index is 14.0. The van der Waals surface area contributed by atoms with E-state index in [1.807, 2.05) is 13.0 Å².